The Kier molecular flexibility index (Phi) is 10.7. The lowest BCUT2D eigenvalue weighted by molar-refractivity contribution is -0.128. The SMILES string of the molecule is CCNC(=NCC(=O)N1CCCC1)NC(C)c1nc(C)c(C(=O)OCC)s1.I. The highest BCUT2D eigenvalue weighted by atomic mass is 127. The van der Waals surface area contributed by atoms with Crippen molar-refractivity contribution >= 4 is 53.1 Å². The van der Waals surface area contributed by atoms with Gasteiger partial charge in [0.05, 0.1) is 18.3 Å². The average molecular weight is 523 g/mol. The Labute approximate surface area is 187 Å². The smallest absolute Gasteiger partial charge is 0.350 e. The number of halogens is 1. The summed E-state index contributed by atoms with van der Waals surface area (Å²) in [6, 6.07) is -0.156. The molecule has 0 aromatic carbocycles. The van der Waals surface area contributed by atoms with E-state index in [1.807, 2.05) is 18.7 Å². The molecule has 1 saturated heterocycles. The summed E-state index contributed by atoms with van der Waals surface area (Å²) < 4.78 is 5.07. The molecule has 2 heterocycles. The van der Waals surface area contributed by atoms with Crippen LogP contribution in [0.25, 0.3) is 0 Å². The summed E-state index contributed by atoms with van der Waals surface area (Å²) in [4.78, 5) is 35.4. The first-order valence-electron chi connectivity index (χ1n) is 9.43. The van der Waals surface area contributed by atoms with E-state index in [4.69, 9.17) is 4.74 Å². The third-order valence-electron chi connectivity index (χ3n) is 4.17. The summed E-state index contributed by atoms with van der Waals surface area (Å²) in [5.74, 6) is 0.262. The number of carbonyl (C=O) groups excluding carboxylic acids is 2. The third-order valence-corrected chi connectivity index (χ3v) is 5.49. The minimum Gasteiger partial charge on any atom is -0.462 e. The van der Waals surface area contributed by atoms with Crippen LogP contribution in [0, 0.1) is 6.92 Å². The van der Waals surface area contributed by atoms with Crippen molar-refractivity contribution in [3.63, 3.8) is 0 Å². The van der Waals surface area contributed by atoms with Gasteiger partial charge in [-0.25, -0.2) is 14.8 Å². The summed E-state index contributed by atoms with van der Waals surface area (Å²) in [5, 5.41) is 7.17. The number of amides is 1. The zero-order valence-electron chi connectivity index (χ0n) is 16.9. The number of aryl methyl sites for hydroxylation is 1. The van der Waals surface area contributed by atoms with Crippen molar-refractivity contribution in [2.24, 2.45) is 4.99 Å². The number of thiazole rings is 1. The van der Waals surface area contributed by atoms with E-state index >= 15 is 0 Å². The topological polar surface area (TPSA) is 95.9 Å². The van der Waals surface area contributed by atoms with Gasteiger partial charge in [0.1, 0.15) is 16.4 Å². The van der Waals surface area contributed by atoms with Crippen LogP contribution in [0.4, 0.5) is 0 Å². The molecular weight excluding hydrogens is 493 g/mol. The van der Waals surface area contributed by atoms with E-state index in [0.29, 0.717) is 29.7 Å². The van der Waals surface area contributed by atoms with Gasteiger partial charge in [0.25, 0.3) is 0 Å². The van der Waals surface area contributed by atoms with Crippen LogP contribution in [0.3, 0.4) is 0 Å². The summed E-state index contributed by atoms with van der Waals surface area (Å²) in [6.07, 6.45) is 2.13. The molecule has 158 valence electrons. The Hall–Kier alpha value is -1.43. The van der Waals surface area contributed by atoms with Crippen molar-refractivity contribution in [1.29, 1.82) is 0 Å². The zero-order valence-corrected chi connectivity index (χ0v) is 20.1. The molecule has 0 aliphatic carbocycles. The number of esters is 1. The standard InChI is InChI=1S/C18H29N5O3S.HI/c1-5-19-18(20-11-14(24)23-9-7-8-10-23)22-13(4)16-21-12(3)15(27-16)17(25)26-6-2;/h13H,5-11H2,1-4H3,(H2,19,20,22);1H. The van der Waals surface area contributed by atoms with Gasteiger partial charge in [-0.3, -0.25) is 4.79 Å². The molecule has 1 fully saturated rings. The Morgan fingerprint density at radius 3 is 2.61 bits per heavy atom. The highest BCUT2D eigenvalue weighted by molar-refractivity contribution is 14.0. The first-order valence-corrected chi connectivity index (χ1v) is 10.2. The maximum absolute atomic E-state index is 12.2. The quantitative estimate of drug-likeness (QED) is 0.247. The molecule has 0 radical (unpaired) electrons. The number of rotatable bonds is 7. The van der Waals surface area contributed by atoms with Crippen LogP contribution in [0.5, 0.6) is 0 Å². The van der Waals surface area contributed by atoms with Gasteiger partial charge in [-0.2, -0.15) is 0 Å². The van der Waals surface area contributed by atoms with Gasteiger partial charge in [0, 0.05) is 19.6 Å². The predicted molar refractivity (Wildman–Crippen MR) is 122 cm³/mol. The number of hydrogen-bond donors (Lipinski definition) is 2. The molecule has 0 saturated carbocycles. The molecule has 1 aliphatic rings. The van der Waals surface area contributed by atoms with Crippen molar-refractivity contribution in [1.82, 2.24) is 20.5 Å². The second-order valence-electron chi connectivity index (χ2n) is 6.34. The number of guanidine groups is 1. The van der Waals surface area contributed by atoms with E-state index < -0.39 is 0 Å². The largest absolute Gasteiger partial charge is 0.462 e. The number of nitrogens with zero attached hydrogens (tertiary/aromatic N) is 3. The van der Waals surface area contributed by atoms with Gasteiger partial charge in [-0.15, -0.1) is 35.3 Å². The van der Waals surface area contributed by atoms with E-state index in [0.717, 1.165) is 30.9 Å². The number of aliphatic imine (C=N–C) groups is 1. The Morgan fingerprint density at radius 1 is 1.32 bits per heavy atom. The molecule has 0 bridgehead atoms. The Balaban J connectivity index is 0.00000392. The van der Waals surface area contributed by atoms with Crippen LogP contribution >= 0.6 is 35.3 Å². The minimum absolute atomic E-state index is 0. The van der Waals surface area contributed by atoms with E-state index in [9.17, 15) is 9.59 Å². The summed E-state index contributed by atoms with van der Waals surface area (Å²) >= 11 is 1.31. The van der Waals surface area contributed by atoms with Gasteiger partial charge in [-0.05, 0) is 40.5 Å². The number of likely N-dealkylation sites (tertiary alicyclic amines) is 1. The van der Waals surface area contributed by atoms with E-state index in [2.05, 4.69) is 20.6 Å². The second kappa shape index (κ2) is 12.2. The van der Waals surface area contributed by atoms with Crippen LogP contribution in [0.2, 0.25) is 0 Å². The normalized spacial score (nSPS) is 15.0. The van der Waals surface area contributed by atoms with Gasteiger partial charge < -0.3 is 20.3 Å². The van der Waals surface area contributed by atoms with Gasteiger partial charge in [0.15, 0.2) is 5.96 Å². The van der Waals surface area contributed by atoms with Crippen LogP contribution in [0.15, 0.2) is 4.99 Å². The fourth-order valence-electron chi connectivity index (χ4n) is 2.79. The first kappa shape index (κ1) is 24.6. The average Bonchev–Trinajstić information content (AvgIpc) is 3.29. The predicted octanol–water partition coefficient (Wildman–Crippen LogP) is 2.48. The highest BCUT2D eigenvalue weighted by Crippen LogP contribution is 2.24. The molecule has 8 nitrogen and oxygen atoms in total. The van der Waals surface area contributed by atoms with Gasteiger partial charge in [-0.1, -0.05) is 0 Å². The number of nitrogens with one attached hydrogen (secondary N) is 2. The lowest BCUT2D eigenvalue weighted by Gasteiger charge is -2.17. The first-order chi connectivity index (χ1) is 13.0. The maximum atomic E-state index is 12.2. The molecule has 28 heavy (non-hydrogen) atoms. The lowest BCUT2D eigenvalue weighted by Crippen LogP contribution is -2.40. The molecule has 1 unspecified atom stereocenters. The summed E-state index contributed by atoms with van der Waals surface area (Å²) in [5.41, 5.74) is 0.660. The van der Waals surface area contributed by atoms with Gasteiger partial charge >= 0.3 is 5.97 Å². The fourth-order valence-corrected chi connectivity index (χ4v) is 3.75. The molecule has 1 atom stereocenters. The lowest BCUT2D eigenvalue weighted by atomic mass is 10.3. The minimum atomic E-state index is -0.345. The van der Waals surface area contributed by atoms with Crippen molar-refractivity contribution in [3.05, 3.63) is 15.6 Å². The third kappa shape index (κ3) is 6.87. The fraction of sp³-hybridized carbons (Fsp3) is 0.667. The molecule has 1 aliphatic heterocycles. The zero-order chi connectivity index (χ0) is 19.8. The Bertz CT molecular complexity index is 689. The molecule has 0 spiro atoms. The van der Waals surface area contributed by atoms with Crippen LogP contribution in [0.1, 0.15) is 60.0 Å². The van der Waals surface area contributed by atoms with Crippen molar-refractivity contribution in [2.75, 3.05) is 32.8 Å². The van der Waals surface area contributed by atoms with E-state index in [1.165, 1.54) is 11.3 Å². The maximum Gasteiger partial charge on any atom is 0.350 e. The number of aromatic nitrogens is 1. The van der Waals surface area contributed by atoms with Crippen molar-refractivity contribution in [2.45, 2.75) is 46.6 Å². The molecule has 1 aromatic rings. The number of carbonyl (C=O) groups is 2. The molecule has 1 amide bonds. The van der Waals surface area contributed by atoms with Crippen molar-refractivity contribution in [3.8, 4) is 0 Å². The molecule has 1 aromatic heterocycles. The van der Waals surface area contributed by atoms with Crippen LogP contribution in [-0.4, -0.2) is 60.5 Å². The Morgan fingerprint density at radius 2 is 2.00 bits per heavy atom. The van der Waals surface area contributed by atoms with Gasteiger partial charge in [0.2, 0.25) is 5.91 Å². The summed E-state index contributed by atoms with van der Waals surface area (Å²) in [6.45, 7) is 10.3. The highest BCUT2D eigenvalue weighted by Gasteiger charge is 2.21. The molecule has 2 rings (SSSR count). The molecule has 10 heteroatoms. The number of ether oxygens (including phenoxy) is 1. The molecule has 2 N–H and O–H groups in total. The number of hydrogen-bond acceptors (Lipinski definition) is 6. The monoisotopic (exact) mass is 523 g/mol. The molecular formula is C18H30IN5O3S. The summed E-state index contributed by atoms with van der Waals surface area (Å²) in [7, 11) is 0. The van der Waals surface area contributed by atoms with E-state index in [-0.39, 0.29) is 48.4 Å². The second-order valence-corrected chi connectivity index (χ2v) is 7.37. The van der Waals surface area contributed by atoms with Crippen LogP contribution in [-0.2, 0) is 9.53 Å². The van der Waals surface area contributed by atoms with Crippen LogP contribution < -0.4 is 10.6 Å². The van der Waals surface area contributed by atoms with E-state index in [1.54, 1.807) is 13.8 Å². The van der Waals surface area contributed by atoms with Crippen molar-refractivity contribution < 1.29 is 14.3 Å².